The lowest BCUT2D eigenvalue weighted by Crippen LogP contribution is -2.06. The van der Waals surface area contributed by atoms with Crippen molar-refractivity contribution in [2.24, 2.45) is 0 Å². The van der Waals surface area contributed by atoms with Crippen LogP contribution in [0.3, 0.4) is 0 Å². The van der Waals surface area contributed by atoms with Gasteiger partial charge in [-0.25, -0.2) is 4.98 Å². The molecule has 2 heterocycles. The first-order chi connectivity index (χ1) is 7.33. The van der Waals surface area contributed by atoms with Gasteiger partial charge in [0.1, 0.15) is 0 Å². The maximum Gasteiger partial charge on any atom is 0.207 e. The van der Waals surface area contributed by atoms with Crippen LogP contribution >= 0.6 is 0 Å². The number of anilines is 1. The molecule has 0 bridgehead atoms. The van der Waals surface area contributed by atoms with Crippen molar-refractivity contribution >= 4 is 5.95 Å². The summed E-state index contributed by atoms with van der Waals surface area (Å²) in [5, 5.41) is 3.21. The number of rotatable bonds is 3. The second kappa shape index (κ2) is 4.13. The number of hydrogen-bond acceptors (Lipinski definition) is 3. The lowest BCUT2D eigenvalue weighted by atomic mass is 10.3. The van der Waals surface area contributed by atoms with Crippen LogP contribution < -0.4 is 5.32 Å². The Hall–Kier alpha value is -1.84. The highest BCUT2D eigenvalue weighted by Crippen LogP contribution is 2.15. The second-order valence-electron chi connectivity index (χ2n) is 3.26. The number of nitrogens with zero attached hydrogens (tertiary/aromatic N) is 3. The van der Waals surface area contributed by atoms with Gasteiger partial charge in [0, 0.05) is 25.1 Å². The van der Waals surface area contributed by atoms with Gasteiger partial charge in [0.15, 0.2) is 0 Å². The van der Waals surface area contributed by atoms with E-state index in [4.69, 9.17) is 0 Å². The Bertz CT molecular complexity index is 447. The molecule has 2 aromatic rings. The molecule has 78 valence electrons. The predicted octanol–water partition coefficient (Wildman–Crippen LogP) is 2.01. The summed E-state index contributed by atoms with van der Waals surface area (Å²) in [7, 11) is 0. The van der Waals surface area contributed by atoms with E-state index in [1.807, 2.05) is 29.8 Å². The smallest absolute Gasteiger partial charge is 0.207 e. The number of imidazole rings is 1. The van der Waals surface area contributed by atoms with Crippen LogP contribution in [0.4, 0.5) is 5.95 Å². The van der Waals surface area contributed by atoms with Crippen LogP contribution in [0.15, 0.2) is 30.7 Å². The lowest BCUT2D eigenvalue weighted by molar-refractivity contribution is 0.989. The Labute approximate surface area is 89.0 Å². The van der Waals surface area contributed by atoms with Gasteiger partial charge in [0.25, 0.3) is 0 Å². The Morgan fingerprint density at radius 2 is 2.20 bits per heavy atom. The SMILES string of the molecule is CCNc1nccn1-c1cccnc1C. The summed E-state index contributed by atoms with van der Waals surface area (Å²) < 4.78 is 2.01. The van der Waals surface area contributed by atoms with Gasteiger partial charge in [-0.1, -0.05) is 0 Å². The zero-order valence-electron chi connectivity index (χ0n) is 8.94. The van der Waals surface area contributed by atoms with Crippen LogP contribution in [-0.2, 0) is 0 Å². The van der Waals surface area contributed by atoms with Crippen molar-refractivity contribution < 1.29 is 0 Å². The molecule has 2 aromatic heterocycles. The van der Waals surface area contributed by atoms with E-state index in [0.717, 1.165) is 23.9 Å². The maximum atomic E-state index is 4.26. The summed E-state index contributed by atoms with van der Waals surface area (Å²) in [6.45, 7) is 4.90. The van der Waals surface area contributed by atoms with Gasteiger partial charge in [-0.15, -0.1) is 0 Å². The van der Waals surface area contributed by atoms with Crippen molar-refractivity contribution in [3.8, 4) is 5.69 Å². The largest absolute Gasteiger partial charge is 0.356 e. The molecule has 0 radical (unpaired) electrons. The summed E-state index contributed by atoms with van der Waals surface area (Å²) in [6.07, 6.45) is 5.51. The van der Waals surface area contributed by atoms with Crippen molar-refractivity contribution in [1.29, 1.82) is 0 Å². The van der Waals surface area contributed by atoms with E-state index < -0.39 is 0 Å². The van der Waals surface area contributed by atoms with Crippen LogP contribution in [0, 0.1) is 6.92 Å². The minimum Gasteiger partial charge on any atom is -0.356 e. The molecule has 0 aliphatic carbocycles. The average molecular weight is 202 g/mol. The minimum atomic E-state index is 0.855. The van der Waals surface area contributed by atoms with E-state index in [-0.39, 0.29) is 0 Å². The fourth-order valence-corrected chi connectivity index (χ4v) is 1.52. The number of pyridine rings is 1. The highest BCUT2D eigenvalue weighted by Gasteiger charge is 2.05. The number of hydrogen-bond donors (Lipinski definition) is 1. The monoisotopic (exact) mass is 202 g/mol. The lowest BCUT2D eigenvalue weighted by Gasteiger charge is -2.09. The first-order valence-corrected chi connectivity index (χ1v) is 5.02. The average Bonchev–Trinajstić information content (AvgIpc) is 2.67. The zero-order valence-corrected chi connectivity index (χ0v) is 8.94. The van der Waals surface area contributed by atoms with Crippen LogP contribution in [0.2, 0.25) is 0 Å². The third kappa shape index (κ3) is 1.83. The highest BCUT2D eigenvalue weighted by molar-refractivity contribution is 5.43. The van der Waals surface area contributed by atoms with Crippen molar-refractivity contribution in [1.82, 2.24) is 14.5 Å². The molecule has 0 unspecified atom stereocenters. The summed E-state index contributed by atoms with van der Waals surface area (Å²) in [5.41, 5.74) is 2.06. The standard InChI is InChI=1S/C11H14N4/c1-3-12-11-14-7-8-15(11)10-5-4-6-13-9(10)2/h4-8H,3H2,1-2H3,(H,12,14). The second-order valence-corrected chi connectivity index (χ2v) is 3.26. The number of aryl methyl sites for hydroxylation is 1. The summed E-state index contributed by atoms with van der Waals surface area (Å²) in [5.74, 6) is 0.855. The van der Waals surface area contributed by atoms with Gasteiger partial charge >= 0.3 is 0 Å². The van der Waals surface area contributed by atoms with Gasteiger partial charge in [0.05, 0.1) is 11.4 Å². The zero-order chi connectivity index (χ0) is 10.7. The van der Waals surface area contributed by atoms with Crippen LogP contribution in [0.5, 0.6) is 0 Å². The van der Waals surface area contributed by atoms with Crippen LogP contribution in [0.1, 0.15) is 12.6 Å². The van der Waals surface area contributed by atoms with E-state index >= 15 is 0 Å². The fraction of sp³-hybridized carbons (Fsp3) is 0.273. The van der Waals surface area contributed by atoms with E-state index in [1.165, 1.54) is 0 Å². The summed E-state index contributed by atoms with van der Waals surface area (Å²) >= 11 is 0. The molecular weight excluding hydrogens is 188 g/mol. The molecule has 0 amide bonds. The van der Waals surface area contributed by atoms with Gasteiger partial charge in [-0.05, 0) is 26.0 Å². The molecule has 4 heteroatoms. The van der Waals surface area contributed by atoms with Gasteiger partial charge in [-0.3, -0.25) is 9.55 Å². The third-order valence-corrected chi connectivity index (χ3v) is 2.21. The summed E-state index contributed by atoms with van der Waals surface area (Å²) in [4.78, 5) is 8.51. The maximum absolute atomic E-state index is 4.26. The molecule has 0 aliphatic rings. The van der Waals surface area contributed by atoms with E-state index in [2.05, 4.69) is 22.2 Å². The van der Waals surface area contributed by atoms with Gasteiger partial charge < -0.3 is 5.32 Å². The summed E-state index contributed by atoms with van der Waals surface area (Å²) in [6, 6.07) is 3.96. The predicted molar refractivity (Wildman–Crippen MR) is 60.3 cm³/mol. The molecule has 0 aliphatic heterocycles. The van der Waals surface area contributed by atoms with Crippen LogP contribution in [0.25, 0.3) is 5.69 Å². The molecule has 0 spiro atoms. The quantitative estimate of drug-likeness (QED) is 0.827. The molecule has 0 fully saturated rings. The molecule has 15 heavy (non-hydrogen) atoms. The normalized spacial score (nSPS) is 10.3. The van der Waals surface area contributed by atoms with E-state index in [9.17, 15) is 0 Å². The van der Waals surface area contributed by atoms with Crippen molar-refractivity contribution in [2.75, 3.05) is 11.9 Å². The van der Waals surface area contributed by atoms with Crippen molar-refractivity contribution in [3.05, 3.63) is 36.4 Å². The molecule has 0 saturated heterocycles. The fourth-order valence-electron chi connectivity index (χ4n) is 1.52. The first kappa shape index (κ1) is 9.71. The highest BCUT2D eigenvalue weighted by atomic mass is 15.2. The minimum absolute atomic E-state index is 0.855. The Morgan fingerprint density at radius 1 is 1.33 bits per heavy atom. The Kier molecular flexibility index (Phi) is 2.67. The number of nitrogens with one attached hydrogen (secondary N) is 1. The van der Waals surface area contributed by atoms with Crippen molar-refractivity contribution in [3.63, 3.8) is 0 Å². The van der Waals surface area contributed by atoms with Gasteiger partial charge in [-0.2, -0.15) is 0 Å². The van der Waals surface area contributed by atoms with Crippen molar-refractivity contribution in [2.45, 2.75) is 13.8 Å². The first-order valence-electron chi connectivity index (χ1n) is 5.02. The Morgan fingerprint density at radius 3 is 2.93 bits per heavy atom. The molecule has 2 rings (SSSR count). The molecule has 4 nitrogen and oxygen atoms in total. The molecule has 0 atom stereocenters. The van der Waals surface area contributed by atoms with Gasteiger partial charge in [0.2, 0.25) is 5.95 Å². The molecule has 0 aromatic carbocycles. The molecular formula is C11H14N4. The van der Waals surface area contributed by atoms with Crippen LogP contribution in [-0.4, -0.2) is 21.1 Å². The Balaban J connectivity index is 2.45. The third-order valence-electron chi connectivity index (χ3n) is 2.21. The number of aromatic nitrogens is 3. The topological polar surface area (TPSA) is 42.7 Å². The van der Waals surface area contributed by atoms with E-state index in [1.54, 1.807) is 12.4 Å². The molecule has 1 N–H and O–H groups in total. The molecule has 0 saturated carbocycles. The van der Waals surface area contributed by atoms with E-state index in [0.29, 0.717) is 0 Å².